The molecule has 1 amide bonds. The van der Waals surface area contributed by atoms with Gasteiger partial charge in [0.05, 0.1) is 11.5 Å². The van der Waals surface area contributed by atoms with E-state index in [-0.39, 0.29) is 23.5 Å². The minimum absolute atomic E-state index is 0.0125. The number of nitro groups is 1. The van der Waals surface area contributed by atoms with Gasteiger partial charge in [0.25, 0.3) is 11.6 Å². The van der Waals surface area contributed by atoms with Gasteiger partial charge in [0.1, 0.15) is 5.69 Å². The maximum atomic E-state index is 11.4. The van der Waals surface area contributed by atoms with E-state index in [1.807, 2.05) is 0 Å². The van der Waals surface area contributed by atoms with E-state index < -0.39 is 10.8 Å². The SMILES string of the molecule is C#CCNC(=O)c1ccc(N)c([N+](=O)[O-])c1. The number of carbonyl (C=O) groups excluding carboxylic acids is 1. The van der Waals surface area contributed by atoms with E-state index >= 15 is 0 Å². The summed E-state index contributed by atoms with van der Waals surface area (Å²) in [6.45, 7) is 0.0665. The number of carbonyl (C=O) groups is 1. The van der Waals surface area contributed by atoms with Crippen molar-refractivity contribution < 1.29 is 9.72 Å². The minimum atomic E-state index is -0.646. The van der Waals surface area contributed by atoms with Gasteiger partial charge in [-0.3, -0.25) is 14.9 Å². The van der Waals surface area contributed by atoms with Crippen LogP contribution >= 0.6 is 0 Å². The van der Waals surface area contributed by atoms with Gasteiger partial charge in [-0.15, -0.1) is 6.42 Å². The zero-order valence-electron chi connectivity index (χ0n) is 8.27. The molecule has 0 fully saturated rings. The van der Waals surface area contributed by atoms with Gasteiger partial charge in [-0.1, -0.05) is 5.92 Å². The molecule has 0 heterocycles. The second-order valence-corrected chi connectivity index (χ2v) is 2.92. The highest BCUT2D eigenvalue weighted by molar-refractivity contribution is 5.95. The molecular weight excluding hydrogens is 210 g/mol. The lowest BCUT2D eigenvalue weighted by atomic mass is 10.1. The number of hydrogen-bond donors (Lipinski definition) is 2. The summed E-state index contributed by atoms with van der Waals surface area (Å²) in [6, 6.07) is 3.82. The van der Waals surface area contributed by atoms with Crippen molar-refractivity contribution in [1.29, 1.82) is 0 Å². The molecule has 6 heteroatoms. The molecule has 0 saturated carbocycles. The molecule has 0 atom stereocenters. The van der Waals surface area contributed by atoms with Crippen LogP contribution in [-0.2, 0) is 0 Å². The predicted molar refractivity (Wildman–Crippen MR) is 58.7 cm³/mol. The van der Waals surface area contributed by atoms with Crippen molar-refractivity contribution in [3.63, 3.8) is 0 Å². The standard InChI is InChI=1S/C10H9N3O3/c1-2-5-12-10(14)7-3-4-8(11)9(6-7)13(15)16/h1,3-4,6H,5,11H2,(H,12,14). The van der Waals surface area contributed by atoms with Gasteiger partial charge in [-0.2, -0.15) is 0 Å². The van der Waals surface area contributed by atoms with E-state index in [9.17, 15) is 14.9 Å². The predicted octanol–water partition coefficient (Wildman–Crippen LogP) is 0.540. The molecule has 1 aromatic rings. The first-order chi connectivity index (χ1) is 7.56. The number of nitrogens with one attached hydrogen (secondary N) is 1. The average Bonchev–Trinajstić information content (AvgIpc) is 2.26. The molecule has 82 valence electrons. The fourth-order valence-electron chi connectivity index (χ4n) is 1.08. The highest BCUT2D eigenvalue weighted by atomic mass is 16.6. The van der Waals surface area contributed by atoms with Crippen LogP contribution in [0.4, 0.5) is 11.4 Å². The Morgan fingerprint density at radius 3 is 2.88 bits per heavy atom. The molecule has 0 aliphatic rings. The quantitative estimate of drug-likeness (QED) is 0.335. The lowest BCUT2D eigenvalue weighted by Gasteiger charge is -2.02. The van der Waals surface area contributed by atoms with Crippen LogP contribution in [0.5, 0.6) is 0 Å². The summed E-state index contributed by atoms with van der Waals surface area (Å²) in [5, 5.41) is 13.0. The van der Waals surface area contributed by atoms with E-state index in [0.717, 1.165) is 6.07 Å². The Hall–Kier alpha value is -2.55. The molecule has 1 aromatic carbocycles. The van der Waals surface area contributed by atoms with Crippen LogP contribution in [0.25, 0.3) is 0 Å². The first-order valence-corrected chi connectivity index (χ1v) is 4.32. The molecule has 0 unspecified atom stereocenters. The fourth-order valence-corrected chi connectivity index (χ4v) is 1.08. The Morgan fingerprint density at radius 1 is 1.62 bits per heavy atom. The summed E-state index contributed by atoms with van der Waals surface area (Å²) < 4.78 is 0. The van der Waals surface area contributed by atoms with Gasteiger partial charge >= 0.3 is 0 Å². The van der Waals surface area contributed by atoms with Crippen LogP contribution in [0.2, 0.25) is 0 Å². The van der Waals surface area contributed by atoms with Gasteiger partial charge in [-0.05, 0) is 12.1 Å². The largest absolute Gasteiger partial charge is 0.393 e. The number of nitro benzene ring substituents is 1. The van der Waals surface area contributed by atoms with Gasteiger partial charge in [0.2, 0.25) is 0 Å². The number of benzene rings is 1. The zero-order valence-corrected chi connectivity index (χ0v) is 8.27. The lowest BCUT2D eigenvalue weighted by molar-refractivity contribution is -0.383. The molecule has 16 heavy (non-hydrogen) atoms. The monoisotopic (exact) mass is 219 g/mol. The normalized spacial score (nSPS) is 9.19. The Kier molecular flexibility index (Phi) is 3.45. The van der Waals surface area contributed by atoms with E-state index in [2.05, 4.69) is 11.2 Å². The van der Waals surface area contributed by atoms with E-state index in [0.29, 0.717) is 0 Å². The minimum Gasteiger partial charge on any atom is -0.393 e. The van der Waals surface area contributed by atoms with Crippen molar-refractivity contribution in [3.05, 3.63) is 33.9 Å². The van der Waals surface area contributed by atoms with E-state index in [1.54, 1.807) is 0 Å². The molecule has 3 N–H and O–H groups in total. The second-order valence-electron chi connectivity index (χ2n) is 2.92. The van der Waals surface area contributed by atoms with Crippen molar-refractivity contribution in [2.24, 2.45) is 0 Å². The lowest BCUT2D eigenvalue weighted by Crippen LogP contribution is -2.23. The Morgan fingerprint density at radius 2 is 2.31 bits per heavy atom. The summed E-state index contributed by atoms with van der Waals surface area (Å²) in [6.07, 6.45) is 4.96. The van der Waals surface area contributed by atoms with Gasteiger partial charge in [0.15, 0.2) is 0 Å². The first kappa shape index (κ1) is 11.5. The molecule has 0 saturated heterocycles. The number of hydrogen-bond acceptors (Lipinski definition) is 4. The van der Waals surface area contributed by atoms with Crippen LogP contribution < -0.4 is 11.1 Å². The van der Waals surface area contributed by atoms with Crippen molar-refractivity contribution in [3.8, 4) is 12.3 Å². The van der Waals surface area contributed by atoms with Crippen LogP contribution in [0.3, 0.4) is 0 Å². The summed E-state index contributed by atoms with van der Waals surface area (Å²) in [5.74, 6) is 1.76. The molecule has 6 nitrogen and oxygen atoms in total. The number of anilines is 1. The van der Waals surface area contributed by atoms with Crippen LogP contribution in [0, 0.1) is 22.5 Å². The van der Waals surface area contributed by atoms with Gasteiger partial charge < -0.3 is 11.1 Å². The Balaban J connectivity index is 2.99. The van der Waals surface area contributed by atoms with Crippen molar-refractivity contribution in [2.75, 3.05) is 12.3 Å². The number of rotatable bonds is 3. The van der Waals surface area contributed by atoms with Crippen molar-refractivity contribution >= 4 is 17.3 Å². The van der Waals surface area contributed by atoms with Crippen LogP contribution in [0.15, 0.2) is 18.2 Å². The third kappa shape index (κ3) is 2.48. The summed E-state index contributed by atoms with van der Waals surface area (Å²) in [5.41, 5.74) is 5.25. The molecular formula is C10H9N3O3. The molecule has 0 aliphatic heterocycles. The van der Waals surface area contributed by atoms with E-state index in [1.165, 1.54) is 12.1 Å². The third-order valence-electron chi connectivity index (χ3n) is 1.84. The molecule has 1 rings (SSSR count). The number of terminal acetylenes is 1. The number of nitrogens with two attached hydrogens (primary N) is 1. The number of nitrogen functional groups attached to an aromatic ring is 1. The fraction of sp³-hybridized carbons (Fsp3) is 0.100. The zero-order chi connectivity index (χ0) is 12.1. The van der Waals surface area contributed by atoms with Gasteiger partial charge in [-0.25, -0.2) is 0 Å². The Labute approximate surface area is 91.6 Å². The summed E-state index contributed by atoms with van der Waals surface area (Å²) in [4.78, 5) is 21.3. The number of amides is 1. The number of nitrogens with zero attached hydrogens (tertiary/aromatic N) is 1. The highest BCUT2D eigenvalue weighted by Crippen LogP contribution is 2.22. The first-order valence-electron chi connectivity index (χ1n) is 4.32. The maximum absolute atomic E-state index is 11.4. The molecule has 0 radical (unpaired) electrons. The molecule has 0 spiro atoms. The highest BCUT2D eigenvalue weighted by Gasteiger charge is 2.14. The third-order valence-corrected chi connectivity index (χ3v) is 1.84. The van der Waals surface area contributed by atoms with Crippen LogP contribution in [-0.4, -0.2) is 17.4 Å². The smallest absolute Gasteiger partial charge is 0.292 e. The van der Waals surface area contributed by atoms with Crippen molar-refractivity contribution in [1.82, 2.24) is 5.32 Å². The van der Waals surface area contributed by atoms with E-state index in [4.69, 9.17) is 12.2 Å². The topological polar surface area (TPSA) is 98.3 Å². The maximum Gasteiger partial charge on any atom is 0.292 e. The average molecular weight is 219 g/mol. The summed E-state index contributed by atoms with van der Waals surface area (Å²) >= 11 is 0. The second kappa shape index (κ2) is 4.79. The van der Waals surface area contributed by atoms with Gasteiger partial charge in [0, 0.05) is 11.6 Å². The van der Waals surface area contributed by atoms with Crippen molar-refractivity contribution in [2.45, 2.75) is 0 Å². The molecule has 0 aromatic heterocycles. The molecule has 0 bridgehead atoms. The van der Waals surface area contributed by atoms with Crippen LogP contribution in [0.1, 0.15) is 10.4 Å². The molecule has 0 aliphatic carbocycles. The Bertz CT molecular complexity index is 477. The summed E-state index contributed by atoms with van der Waals surface area (Å²) in [7, 11) is 0.